The Balaban J connectivity index is 1.81. The number of nitrogens with zero attached hydrogens (tertiary/aromatic N) is 2. The van der Waals surface area contributed by atoms with Gasteiger partial charge in [-0.2, -0.15) is 0 Å². The normalized spacial score (nSPS) is 10.4. The van der Waals surface area contributed by atoms with Crippen molar-refractivity contribution in [1.29, 1.82) is 0 Å². The molecule has 24 heavy (non-hydrogen) atoms. The Hall–Kier alpha value is -2.18. The first kappa shape index (κ1) is 16.7. The van der Waals surface area contributed by atoms with Gasteiger partial charge in [0.1, 0.15) is 5.75 Å². The Kier molecular flexibility index (Phi) is 5.27. The van der Waals surface area contributed by atoms with E-state index in [-0.39, 0.29) is 12.5 Å². The number of aryl methyl sites for hydroxylation is 1. The van der Waals surface area contributed by atoms with Crippen molar-refractivity contribution >= 4 is 44.0 Å². The lowest BCUT2D eigenvalue weighted by Crippen LogP contribution is -2.30. The fraction of sp³-hybridized carbons (Fsp3) is 0.111. The smallest absolute Gasteiger partial charge is 0.271 e. The van der Waals surface area contributed by atoms with Gasteiger partial charge in [-0.15, -0.1) is 11.3 Å². The average Bonchev–Trinajstić information content (AvgIpc) is 3.00. The van der Waals surface area contributed by atoms with Crippen LogP contribution < -0.4 is 9.64 Å². The maximum absolute atomic E-state index is 12.8. The van der Waals surface area contributed by atoms with E-state index in [1.165, 1.54) is 11.3 Å². The van der Waals surface area contributed by atoms with Gasteiger partial charge in [-0.1, -0.05) is 40.2 Å². The number of thiazole rings is 1. The van der Waals surface area contributed by atoms with Gasteiger partial charge in [0.2, 0.25) is 0 Å². The zero-order valence-electron chi connectivity index (χ0n) is 13.0. The number of ether oxygens (including phenoxy) is 1. The molecule has 1 amide bonds. The van der Waals surface area contributed by atoms with Crippen molar-refractivity contribution in [2.24, 2.45) is 0 Å². The molecule has 0 aliphatic carbocycles. The highest BCUT2D eigenvalue weighted by Crippen LogP contribution is 2.28. The lowest BCUT2D eigenvalue weighted by Gasteiger charge is -2.20. The maximum atomic E-state index is 12.8. The summed E-state index contributed by atoms with van der Waals surface area (Å²) >= 11 is 4.83. The Morgan fingerprint density at radius 3 is 2.67 bits per heavy atom. The van der Waals surface area contributed by atoms with Crippen LogP contribution in [0, 0.1) is 6.92 Å². The quantitative estimate of drug-likeness (QED) is 0.605. The van der Waals surface area contributed by atoms with Gasteiger partial charge in [0.15, 0.2) is 11.7 Å². The van der Waals surface area contributed by atoms with Gasteiger partial charge >= 0.3 is 0 Å². The lowest BCUT2D eigenvalue weighted by atomic mass is 10.3. The Morgan fingerprint density at radius 1 is 1.21 bits per heavy atom. The van der Waals surface area contributed by atoms with Crippen LogP contribution >= 0.6 is 27.3 Å². The molecule has 0 fully saturated rings. The molecule has 0 N–H and O–H groups in total. The van der Waals surface area contributed by atoms with E-state index in [4.69, 9.17) is 4.74 Å². The fourth-order valence-corrected chi connectivity index (χ4v) is 3.37. The molecule has 0 radical (unpaired) electrons. The van der Waals surface area contributed by atoms with E-state index in [0.717, 1.165) is 15.9 Å². The van der Waals surface area contributed by atoms with Crippen molar-refractivity contribution in [3.63, 3.8) is 0 Å². The minimum absolute atomic E-state index is 0.0655. The number of carbonyl (C=O) groups excluding carboxylic acids is 1. The fourth-order valence-electron chi connectivity index (χ4n) is 2.15. The first-order chi connectivity index (χ1) is 11.6. The SMILES string of the molecule is Cc1csc(N(C(=O)COc2cccc(Br)c2)c2ccccc2)n1. The maximum Gasteiger partial charge on any atom is 0.271 e. The third-order valence-corrected chi connectivity index (χ3v) is 4.66. The first-order valence-corrected chi connectivity index (χ1v) is 8.99. The molecule has 0 saturated carbocycles. The number of para-hydroxylation sites is 1. The van der Waals surface area contributed by atoms with Crippen LogP contribution in [0.15, 0.2) is 64.5 Å². The van der Waals surface area contributed by atoms with Gasteiger partial charge in [0.05, 0.1) is 11.4 Å². The summed E-state index contributed by atoms with van der Waals surface area (Å²) in [6.45, 7) is 1.84. The molecule has 1 heterocycles. The molecule has 0 aliphatic heterocycles. The third-order valence-electron chi connectivity index (χ3n) is 3.22. The monoisotopic (exact) mass is 402 g/mol. The second-order valence-corrected chi connectivity index (χ2v) is 6.83. The summed E-state index contributed by atoms with van der Waals surface area (Å²) in [6.07, 6.45) is 0. The van der Waals surface area contributed by atoms with Crippen LogP contribution in [0.3, 0.4) is 0 Å². The highest BCUT2D eigenvalue weighted by atomic mass is 79.9. The van der Waals surface area contributed by atoms with E-state index in [0.29, 0.717) is 10.9 Å². The van der Waals surface area contributed by atoms with Crippen molar-refractivity contribution in [3.05, 3.63) is 70.1 Å². The first-order valence-electron chi connectivity index (χ1n) is 7.32. The topological polar surface area (TPSA) is 42.4 Å². The number of amides is 1. The van der Waals surface area contributed by atoms with Crippen LogP contribution in [-0.2, 0) is 4.79 Å². The van der Waals surface area contributed by atoms with Gasteiger partial charge < -0.3 is 4.74 Å². The summed E-state index contributed by atoms with van der Waals surface area (Å²) < 4.78 is 6.54. The molecule has 3 rings (SSSR count). The summed E-state index contributed by atoms with van der Waals surface area (Å²) in [5.74, 6) is 0.469. The van der Waals surface area contributed by atoms with Crippen molar-refractivity contribution < 1.29 is 9.53 Å². The van der Waals surface area contributed by atoms with E-state index in [2.05, 4.69) is 20.9 Å². The Bertz CT molecular complexity index is 836. The molecule has 0 bridgehead atoms. The second-order valence-electron chi connectivity index (χ2n) is 5.08. The van der Waals surface area contributed by atoms with Crippen molar-refractivity contribution in [3.8, 4) is 5.75 Å². The second kappa shape index (κ2) is 7.59. The van der Waals surface area contributed by atoms with Crippen LogP contribution in [0.4, 0.5) is 10.8 Å². The summed E-state index contributed by atoms with van der Waals surface area (Å²) in [4.78, 5) is 18.8. The van der Waals surface area contributed by atoms with Crippen molar-refractivity contribution in [2.75, 3.05) is 11.5 Å². The van der Waals surface area contributed by atoms with E-state index in [1.54, 1.807) is 4.90 Å². The average molecular weight is 403 g/mol. The van der Waals surface area contributed by atoms with Crippen molar-refractivity contribution in [2.45, 2.75) is 6.92 Å². The standard InChI is InChI=1S/C18H15BrN2O2S/c1-13-12-24-18(20-13)21(15-7-3-2-4-8-15)17(22)11-23-16-9-5-6-14(19)10-16/h2-10,12H,11H2,1H3. The van der Waals surface area contributed by atoms with Gasteiger partial charge in [0.25, 0.3) is 5.91 Å². The van der Waals surface area contributed by atoms with Crippen LogP contribution in [0.1, 0.15) is 5.69 Å². The van der Waals surface area contributed by atoms with E-state index < -0.39 is 0 Å². The Labute approximate surface area is 152 Å². The number of aromatic nitrogens is 1. The molecular weight excluding hydrogens is 388 g/mol. The summed E-state index contributed by atoms with van der Waals surface area (Å²) in [7, 11) is 0. The molecular formula is C18H15BrN2O2S. The van der Waals surface area contributed by atoms with Crippen LogP contribution in [0.25, 0.3) is 0 Å². The van der Waals surface area contributed by atoms with Crippen molar-refractivity contribution in [1.82, 2.24) is 4.98 Å². The summed E-state index contributed by atoms with van der Waals surface area (Å²) in [5.41, 5.74) is 1.66. The van der Waals surface area contributed by atoms with Gasteiger partial charge in [0, 0.05) is 9.85 Å². The van der Waals surface area contributed by atoms with Crippen LogP contribution in [0.5, 0.6) is 5.75 Å². The van der Waals surface area contributed by atoms with E-state index >= 15 is 0 Å². The number of halogens is 1. The molecule has 2 aromatic carbocycles. The number of hydrogen-bond donors (Lipinski definition) is 0. The molecule has 0 atom stereocenters. The van der Waals surface area contributed by atoms with Crippen LogP contribution in [-0.4, -0.2) is 17.5 Å². The molecule has 122 valence electrons. The molecule has 1 aromatic heterocycles. The Morgan fingerprint density at radius 2 is 2.00 bits per heavy atom. The zero-order valence-corrected chi connectivity index (χ0v) is 15.4. The van der Waals surface area contributed by atoms with Gasteiger partial charge in [-0.25, -0.2) is 4.98 Å². The molecule has 0 saturated heterocycles. The number of benzene rings is 2. The summed E-state index contributed by atoms with van der Waals surface area (Å²) in [5, 5.41) is 2.56. The van der Waals surface area contributed by atoms with Gasteiger partial charge in [-0.05, 0) is 37.3 Å². The largest absolute Gasteiger partial charge is 0.484 e. The minimum Gasteiger partial charge on any atom is -0.484 e. The third kappa shape index (κ3) is 4.01. The zero-order chi connectivity index (χ0) is 16.9. The minimum atomic E-state index is -0.171. The molecule has 0 unspecified atom stereocenters. The number of carbonyl (C=O) groups is 1. The number of hydrogen-bond acceptors (Lipinski definition) is 4. The molecule has 6 heteroatoms. The molecule has 0 spiro atoms. The van der Waals surface area contributed by atoms with Gasteiger partial charge in [-0.3, -0.25) is 9.69 Å². The van der Waals surface area contributed by atoms with Crippen LogP contribution in [0.2, 0.25) is 0 Å². The lowest BCUT2D eigenvalue weighted by molar-refractivity contribution is -0.119. The molecule has 4 nitrogen and oxygen atoms in total. The van der Waals surface area contributed by atoms with E-state index in [9.17, 15) is 4.79 Å². The predicted molar refractivity (Wildman–Crippen MR) is 100 cm³/mol. The molecule has 3 aromatic rings. The highest BCUT2D eigenvalue weighted by molar-refractivity contribution is 9.10. The number of rotatable bonds is 5. The molecule has 0 aliphatic rings. The predicted octanol–water partition coefficient (Wildman–Crippen LogP) is 4.96. The number of anilines is 2. The summed E-state index contributed by atoms with van der Waals surface area (Å²) in [6, 6.07) is 16.9. The highest BCUT2D eigenvalue weighted by Gasteiger charge is 2.21. The van der Waals surface area contributed by atoms with E-state index in [1.807, 2.05) is 66.9 Å².